The fourth-order valence-corrected chi connectivity index (χ4v) is 4.61. The van der Waals surface area contributed by atoms with Gasteiger partial charge in [0.05, 0.1) is 19.4 Å². The zero-order valence-corrected chi connectivity index (χ0v) is 19.9. The molecule has 11 heteroatoms. The van der Waals surface area contributed by atoms with Crippen molar-refractivity contribution in [1.29, 1.82) is 0 Å². The monoisotopic (exact) mass is 485 g/mol. The minimum Gasteiger partial charge on any atom is -0.492 e. The smallest absolute Gasteiger partial charge is 0.270 e. The molecule has 1 saturated carbocycles. The first kappa shape index (κ1) is 23.6. The molecule has 0 bridgehead atoms. The molecule has 4 heterocycles. The zero-order valence-electron chi connectivity index (χ0n) is 19.9. The van der Waals surface area contributed by atoms with Crippen molar-refractivity contribution >= 4 is 23.5 Å². The summed E-state index contributed by atoms with van der Waals surface area (Å²) < 4.78 is 13.5. The number of carbonyl (C=O) groups excluding carboxylic acids is 2. The summed E-state index contributed by atoms with van der Waals surface area (Å²) in [7, 11) is 0. The molecule has 2 aromatic heterocycles. The van der Waals surface area contributed by atoms with Gasteiger partial charge < -0.3 is 24.8 Å². The lowest BCUT2D eigenvalue weighted by Crippen LogP contribution is -2.40. The van der Waals surface area contributed by atoms with Crippen molar-refractivity contribution in [3.63, 3.8) is 0 Å². The summed E-state index contributed by atoms with van der Waals surface area (Å²) in [4.78, 5) is 40.9. The largest absolute Gasteiger partial charge is 0.492 e. The number of hydrogen-bond donors (Lipinski definition) is 2. The molecular weight excluding hydrogens is 454 g/mol. The van der Waals surface area contributed by atoms with E-state index in [2.05, 4.69) is 17.3 Å². The molecule has 0 radical (unpaired) electrons. The molecule has 2 N–H and O–H groups in total. The summed E-state index contributed by atoms with van der Waals surface area (Å²) in [5, 5.41) is 18.0. The van der Waals surface area contributed by atoms with Crippen LogP contribution in [0.25, 0.3) is 11.7 Å². The predicted molar refractivity (Wildman–Crippen MR) is 126 cm³/mol. The van der Waals surface area contributed by atoms with Crippen molar-refractivity contribution in [3.05, 3.63) is 33.8 Å². The summed E-state index contributed by atoms with van der Waals surface area (Å²) in [5.41, 5.74) is -0.282. The van der Waals surface area contributed by atoms with E-state index < -0.39 is 17.3 Å². The first-order valence-corrected chi connectivity index (χ1v) is 12.1. The molecular formula is C24H31N5O6. The highest BCUT2D eigenvalue weighted by atomic mass is 16.5. The second-order valence-electron chi connectivity index (χ2n) is 9.87. The SMILES string of the molecule is CC1(Cn2c(=O)c(C(=O)NC3CC3)c(O)n3ncc(C=CC(=O)N4CCOCC4)c23)CCOCC1. The normalized spacial score (nSPS) is 20.4. The van der Waals surface area contributed by atoms with Crippen molar-refractivity contribution in [1.82, 2.24) is 24.4 Å². The van der Waals surface area contributed by atoms with E-state index in [1.54, 1.807) is 11.0 Å². The van der Waals surface area contributed by atoms with Crippen LogP contribution < -0.4 is 10.9 Å². The number of aromatic nitrogens is 3. The van der Waals surface area contributed by atoms with E-state index in [9.17, 15) is 19.5 Å². The summed E-state index contributed by atoms with van der Waals surface area (Å²) >= 11 is 0. The van der Waals surface area contributed by atoms with Crippen molar-refractivity contribution in [2.45, 2.75) is 45.2 Å². The van der Waals surface area contributed by atoms with Crippen LogP contribution in [0.5, 0.6) is 5.88 Å². The highest BCUT2D eigenvalue weighted by molar-refractivity contribution is 5.97. The Labute approximate surface area is 202 Å². The lowest BCUT2D eigenvalue weighted by molar-refractivity contribution is -0.129. The van der Waals surface area contributed by atoms with Crippen molar-refractivity contribution in [2.75, 3.05) is 39.5 Å². The third-order valence-corrected chi connectivity index (χ3v) is 7.02. The Morgan fingerprint density at radius 1 is 1.20 bits per heavy atom. The molecule has 2 aliphatic heterocycles. The van der Waals surface area contributed by atoms with Crippen LogP contribution in [0, 0.1) is 5.41 Å². The molecule has 0 unspecified atom stereocenters. The number of nitrogens with zero attached hydrogens (tertiary/aromatic N) is 4. The molecule has 35 heavy (non-hydrogen) atoms. The quantitative estimate of drug-likeness (QED) is 0.579. The molecule has 3 fully saturated rings. The van der Waals surface area contributed by atoms with Crippen LogP contribution in [0.4, 0.5) is 0 Å². The average molecular weight is 486 g/mol. The predicted octanol–water partition coefficient (Wildman–Crippen LogP) is 0.783. The number of hydrogen-bond acceptors (Lipinski definition) is 7. The van der Waals surface area contributed by atoms with Crippen molar-refractivity contribution < 1.29 is 24.2 Å². The number of ether oxygens (including phenoxy) is 2. The first-order chi connectivity index (χ1) is 16.9. The van der Waals surface area contributed by atoms with Gasteiger partial charge in [-0.15, -0.1) is 0 Å². The van der Waals surface area contributed by atoms with Gasteiger partial charge >= 0.3 is 0 Å². The lowest BCUT2D eigenvalue weighted by atomic mass is 9.82. The molecule has 2 saturated heterocycles. The van der Waals surface area contributed by atoms with Crippen molar-refractivity contribution in [2.24, 2.45) is 5.41 Å². The molecule has 1 aliphatic carbocycles. The third-order valence-electron chi connectivity index (χ3n) is 7.02. The Balaban J connectivity index is 1.57. The molecule has 0 spiro atoms. The Morgan fingerprint density at radius 3 is 2.57 bits per heavy atom. The third kappa shape index (κ3) is 4.83. The minimum atomic E-state index is -0.599. The summed E-state index contributed by atoms with van der Waals surface area (Å²) in [6.45, 7) is 5.63. The van der Waals surface area contributed by atoms with Crippen LogP contribution >= 0.6 is 0 Å². The first-order valence-electron chi connectivity index (χ1n) is 12.1. The van der Waals surface area contributed by atoms with Gasteiger partial charge in [-0.3, -0.25) is 19.0 Å². The van der Waals surface area contributed by atoms with Crippen LogP contribution in [0.3, 0.4) is 0 Å². The number of fused-ring (bicyclic) bond motifs is 1. The van der Waals surface area contributed by atoms with Gasteiger partial charge in [-0.2, -0.15) is 9.61 Å². The molecule has 5 rings (SSSR count). The fraction of sp³-hybridized carbons (Fsp3) is 0.583. The van der Waals surface area contributed by atoms with Gasteiger partial charge in [0, 0.05) is 50.5 Å². The van der Waals surface area contributed by atoms with Gasteiger partial charge in [0.2, 0.25) is 11.8 Å². The van der Waals surface area contributed by atoms with Crippen LogP contribution in [0.15, 0.2) is 17.1 Å². The molecule has 188 valence electrons. The Bertz CT molecular complexity index is 1220. The van der Waals surface area contributed by atoms with Crippen molar-refractivity contribution in [3.8, 4) is 5.88 Å². The van der Waals surface area contributed by atoms with E-state index in [0.717, 1.165) is 25.7 Å². The summed E-state index contributed by atoms with van der Waals surface area (Å²) in [6.07, 6.45) is 7.76. The van der Waals surface area contributed by atoms with Gasteiger partial charge in [-0.05, 0) is 37.2 Å². The number of morpholine rings is 1. The summed E-state index contributed by atoms with van der Waals surface area (Å²) in [5.74, 6) is -1.27. The minimum absolute atomic E-state index is 0.0285. The Hall–Kier alpha value is -3.18. The van der Waals surface area contributed by atoms with Gasteiger partial charge in [0.15, 0.2) is 5.56 Å². The molecule has 3 aliphatic rings. The zero-order chi connectivity index (χ0) is 24.6. The number of carbonyl (C=O) groups is 2. The van der Waals surface area contributed by atoms with Crippen LogP contribution in [0.1, 0.15) is 48.5 Å². The van der Waals surface area contributed by atoms with E-state index in [4.69, 9.17) is 9.47 Å². The molecule has 11 nitrogen and oxygen atoms in total. The van der Waals surface area contributed by atoms with E-state index >= 15 is 0 Å². The highest BCUT2D eigenvalue weighted by Crippen LogP contribution is 2.33. The number of aromatic hydroxyl groups is 1. The maximum atomic E-state index is 13.7. The van der Waals surface area contributed by atoms with Gasteiger partial charge in [-0.1, -0.05) is 6.92 Å². The molecule has 0 atom stereocenters. The maximum absolute atomic E-state index is 13.7. The second-order valence-corrected chi connectivity index (χ2v) is 9.87. The van der Waals surface area contributed by atoms with E-state index in [0.29, 0.717) is 57.3 Å². The van der Waals surface area contributed by atoms with E-state index in [-0.39, 0.29) is 22.9 Å². The van der Waals surface area contributed by atoms with E-state index in [1.807, 2.05) is 0 Å². The topological polar surface area (TPSA) is 127 Å². The maximum Gasteiger partial charge on any atom is 0.270 e. The Kier molecular flexibility index (Phi) is 6.37. The molecule has 0 aromatic carbocycles. The number of rotatable bonds is 6. The molecule has 2 amide bonds. The van der Waals surface area contributed by atoms with E-state index in [1.165, 1.54) is 21.4 Å². The standard InChI is InChI=1S/C24H31N5O6/c1-24(6-10-34-11-7-24)15-28-21-16(2-5-18(30)27-8-12-35-13-9-27)14-25-29(21)23(33)19(22(28)32)20(31)26-17-3-4-17/h2,5,14,17,33H,3-4,6-13,15H2,1H3,(H,26,31). The second kappa shape index (κ2) is 9.46. The number of nitrogens with one attached hydrogen (secondary N) is 1. The van der Waals surface area contributed by atoms with Crippen LogP contribution in [0.2, 0.25) is 0 Å². The average Bonchev–Trinajstić information content (AvgIpc) is 3.56. The van der Waals surface area contributed by atoms with Gasteiger partial charge in [0.25, 0.3) is 11.5 Å². The fourth-order valence-electron chi connectivity index (χ4n) is 4.61. The lowest BCUT2D eigenvalue weighted by Gasteiger charge is -2.34. The highest BCUT2D eigenvalue weighted by Gasteiger charge is 2.33. The summed E-state index contributed by atoms with van der Waals surface area (Å²) in [6, 6.07) is 0.0285. The number of amides is 2. The van der Waals surface area contributed by atoms with Crippen LogP contribution in [-0.4, -0.2) is 81.6 Å². The van der Waals surface area contributed by atoms with Gasteiger partial charge in [-0.25, -0.2) is 0 Å². The Morgan fingerprint density at radius 2 is 1.89 bits per heavy atom. The van der Waals surface area contributed by atoms with Gasteiger partial charge in [0.1, 0.15) is 5.65 Å². The molecule has 2 aromatic rings. The van der Waals surface area contributed by atoms with Crippen LogP contribution in [-0.2, 0) is 20.8 Å².